The molecule has 2 heterocycles. The molecular formula is C18H17N2O5+. The first-order valence-electron chi connectivity index (χ1n) is 7.58. The molecule has 1 aromatic carbocycles. The van der Waals surface area contributed by atoms with Gasteiger partial charge < -0.3 is 19.7 Å². The lowest BCUT2D eigenvalue weighted by atomic mass is 10.0. The van der Waals surface area contributed by atoms with Crippen molar-refractivity contribution in [2.75, 3.05) is 5.32 Å². The first-order valence-corrected chi connectivity index (χ1v) is 7.58. The number of hydrogen-bond acceptors (Lipinski definition) is 6. The molecular weight excluding hydrogens is 324 g/mol. The third-order valence-corrected chi connectivity index (χ3v) is 3.67. The lowest BCUT2D eigenvalue weighted by molar-refractivity contribution is -0.361. The van der Waals surface area contributed by atoms with Gasteiger partial charge in [-0.15, -0.1) is 0 Å². The maximum Gasteiger partial charge on any atom is 0.273 e. The molecule has 5 N–H and O–H groups in total. The largest absolute Gasteiger partial charge is 0.507 e. The number of phenols is 1. The van der Waals surface area contributed by atoms with Crippen LogP contribution in [0.5, 0.6) is 11.5 Å². The number of aromatic nitrogens is 1. The minimum atomic E-state index is -0.862. The predicted octanol–water partition coefficient (Wildman–Crippen LogP) is 1.56. The Morgan fingerprint density at radius 2 is 1.88 bits per heavy atom. The van der Waals surface area contributed by atoms with Crippen molar-refractivity contribution in [3.05, 3.63) is 82.0 Å². The number of pyridine rings is 1. The summed E-state index contributed by atoms with van der Waals surface area (Å²) in [5.41, 5.74) is -0.280. The Labute approximate surface area is 142 Å². The first-order chi connectivity index (χ1) is 12.1. The molecule has 1 atom stereocenters. The molecule has 0 saturated heterocycles. The van der Waals surface area contributed by atoms with Crippen LogP contribution in [0.2, 0.25) is 0 Å². The molecule has 0 fully saturated rings. The van der Waals surface area contributed by atoms with Crippen molar-refractivity contribution in [1.82, 2.24) is 0 Å². The molecule has 0 aliphatic carbocycles. The molecule has 0 amide bonds. The molecule has 0 aliphatic heterocycles. The van der Waals surface area contributed by atoms with E-state index in [4.69, 9.17) is 4.42 Å². The topological polar surface area (TPSA) is 117 Å². The molecule has 7 heteroatoms. The van der Waals surface area contributed by atoms with E-state index in [2.05, 4.69) is 10.3 Å². The standard InChI is InChI=1S/C18H16N2O5/c21-10-11-9-14(23)17(24)18(25-11)16(12-5-1-2-6-13(12)22)20-15-7-3-4-8-19-15/h1-9,16,21-22,24H,10H2,(H,19,20)/p+1/t16-/m0/s1. The van der Waals surface area contributed by atoms with E-state index in [1.807, 2.05) is 0 Å². The van der Waals surface area contributed by atoms with E-state index in [1.54, 1.807) is 42.6 Å². The van der Waals surface area contributed by atoms with Gasteiger partial charge in [0.25, 0.3) is 5.82 Å². The number of anilines is 1. The Kier molecular flexibility index (Phi) is 4.67. The van der Waals surface area contributed by atoms with E-state index < -0.39 is 23.8 Å². The van der Waals surface area contributed by atoms with Gasteiger partial charge >= 0.3 is 0 Å². The number of para-hydroxylation sites is 1. The highest BCUT2D eigenvalue weighted by molar-refractivity contribution is 5.47. The van der Waals surface area contributed by atoms with Crippen LogP contribution in [0.15, 0.2) is 63.9 Å². The molecule has 2 aromatic heterocycles. The number of aromatic amines is 1. The summed E-state index contributed by atoms with van der Waals surface area (Å²) in [5.74, 6) is -0.138. The minimum Gasteiger partial charge on any atom is -0.507 e. The fourth-order valence-electron chi connectivity index (χ4n) is 2.48. The van der Waals surface area contributed by atoms with Crippen LogP contribution in [-0.4, -0.2) is 15.3 Å². The van der Waals surface area contributed by atoms with E-state index in [0.29, 0.717) is 11.4 Å². The third kappa shape index (κ3) is 3.46. The molecule has 0 aliphatic rings. The quantitative estimate of drug-likeness (QED) is 0.559. The molecule has 3 rings (SSSR count). The molecule has 0 radical (unpaired) electrons. The number of aromatic hydroxyl groups is 2. The van der Waals surface area contributed by atoms with Crippen molar-refractivity contribution < 1.29 is 24.7 Å². The molecule has 0 saturated carbocycles. The SMILES string of the molecule is O=c1cc(CO)oc([C@@H](Nc2cccc[nH+]2)c2ccccc2O)c1O. The van der Waals surface area contributed by atoms with Crippen LogP contribution < -0.4 is 15.7 Å². The molecule has 7 nitrogen and oxygen atoms in total. The number of aliphatic hydroxyl groups is 1. The van der Waals surface area contributed by atoms with Crippen LogP contribution in [-0.2, 0) is 6.61 Å². The Morgan fingerprint density at radius 1 is 1.12 bits per heavy atom. The number of hydrogen-bond donors (Lipinski definition) is 4. The van der Waals surface area contributed by atoms with E-state index in [9.17, 15) is 20.1 Å². The van der Waals surface area contributed by atoms with Crippen molar-refractivity contribution in [2.45, 2.75) is 12.6 Å². The zero-order valence-electron chi connectivity index (χ0n) is 13.1. The van der Waals surface area contributed by atoms with Gasteiger partial charge in [0.1, 0.15) is 18.1 Å². The van der Waals surface area contributed by atoms with Crippen molar-refractivity contribution >= 4 is 5.82 Å². The van der Waals surface area contributed by atoms with E-state index in [0.717, 1.165) is 6.07 Å². The van der Waals surface area contributed by atoms with Crippen molar-refractivity contribution in [3.63, 3.8) is 0 Å². The van der Waals surface area contributed by atoms with Crippen LogP contribution in [0.3, 0.4) is 0 Å². The Balaban J connectivity index is 2.16. The number of rotatable bonds is 5. The molecule has 0 bridgehead atoms. The normalized spacial score (nSPS) is 11.9. The van der Waals surface area contributed by atoms with Crippen molar-refractivity contribution in [3.8, 4) is 11.5 Å². The first kappa shape index (κ1) is 16.5. The number of H-pyrrole nitrogens is 1. The summed E-state index contributed by atoms with van der Waals surface area (Å²) in [6.07, 6.45) is 1.70. The van der Waals surface area contributed by atoms with Gasteiger partial charge in [0.2, 0.25) is 11.2 Å². The Morgan fingerprint density at radius 3 is 2.56 bits per heavy atom. The highest BCUT2D eigenvalue weighted by Gasteiger charge is 2.29. The second-order valence-corrected chi connectivity index (χ2v) is 5.36. The van der Waals surface area contributed by atoms with Gasteiger partial charge in [-0.1, -0.05) is 24.3 Å². The monoisotopic (exact) mass is 341 g/mol. The van der Waals surface area contributed by atoms with Crippen molar-refractivity contribution in [1.29, 1.82) is 0 Å². The van der Waals surface area contributed by atoms with Gasteiger partial charge in [-0.25, -0.2) is 4.98 Å². The third-order valence-electron chi connectivity index (χ3n) is 3.67. The lowest BCUT2D eigenvalue weighted by Gasteiger charge is -2.16. The average Bonchev–Trinajstić information content (AvgIpc) is 2.63. The lowest BCUT2D eigenvalue weighted by Crippen LogP contribution is -2.20. The summed E-state index contributed by atoms with van der Waals surface area (Å²) >= 11 is 0. The zero-order valence-corrected chi connectivity index (χ0v) is 13.1. The Hall–Kier alpha value is -3.32. The van der Waals surface area contributed by atoms with E-state index in [-0.39, 0.29) is 17.3 Å². The molecule has 0 unspecified atom stereocenters. The van der Waals surface area contributed by atoms with Crippen LogP contribution >= 0.6 is 0 Å². The smallest absolute Gasteiger partial charge is 0.273 e. The van der Waals surface area contributed by atoms with Crippen LogP contribution in [0.1, 0.15) is 23.1 Å². The highest BCUT2D eigenvalue weighted by Crippen LogP contribution is 2.34. The van der Waals surface area contributed by atoms with Crippen molar-refractivity contribution in [2.24, 2.45) is 0 Å². The second-order valence-electron chi connectivity index (χ2n) is 5.36. The maximum atomic E-state index is 12.0. The van der Waals surface area contributed by atoms with Gasteiger partial charge in [0.05, 0.1) is 6.20 Å². The number of benzene rings is 1. The highest BCUT2D eigenvalue weighted by atomic mass is 16.4. The summed E-state index contributed by atoms with van der Waals surface area (Å²) in [4.78, 5) is 15.0. The summed E-state index contributed by atoms with van der Waals surface area (Å²) < 4.78 is 5.49. The average molecular weight is 341 g/mol. The molecule has 0 spiro atoms. The van der Waals surface area contributed by atoms with E-state index >= 15 is 0 Å². The molecule has 3 aromatic rings. The number of nitrogens with one attached hydrogen (secondary N) is 2. The fraction of sp³-hybridized carbons (Fsp3) is 0.111. The predicted molar refractivity (Wildman–Crippen MR) is 89.1 cm³/mol. The van der Waals surface area contributed by atoms with Crippen LogP contribution in [0.4, 0.5) is 5.82 Å². The summed E-state index contributed by atoms with van der Waals surface area (Å²) in [6, 6.07) is 12.0. The van der Waals surface area contributed by atoms with Crippen LogP contribution in [0.25, 0.3) is 0 Å². The summed E-state index contributed by atoms with van der Waals surface area (Å²) in [6.45, 7) is -0.493. The molecule has 128 valence electrons. The van der Waals surface area contributed by atoms with Gasteiger partial charge in [0, 0.05) is 17.7 Å². The molecule has 25 heavy (non-hydrogen) atoms. The van der Waals surface area contributed by atoms with E-state index in [1.165, 1.54) is 6.07 Å². The maximum absolute atomic E-state index is 12.0. The Bertz CT molecular complexity index is 924. The summed E-state index contributed by atoms with van der Waals surface area (Å²) in [5, 5.41) is 32.8. The summed E-state index contributed by atoms with van der Waals surface area (Å²) in [7, 11) is 0. The van der Waals surface area contributed by atoms with Gasteiger partial charge in [-0.3, -0.25) is 10.1 Å². The number of aliphatic hydroxyl groups excluding tert-OH is 1. The second kappa shape index (κ2) is 7.06. The minimum absolute atomic E-state index is 0.0112. The van der Waals surface area contributed by atoms with Gasteiger partial charge in [0.15, 0.2) is 11.8 Å². The van der Waals surface area contributed by atoms with Crippen LogP contribution in [0, 0.1) is 0 Å². The van der Waals surface area contributed by atoms with Gasteiger partial charge in [-0.05, 0) is 12.1 Å². The number of phenolic OH excluding ortho intramolecular Hbond substituents is 1. The van der Waals surface area contributed by atoms with Gasteiger partial charge in [-0.2, -0.15) is 0 Å². The fourth-order valence-corrected chi connectivity index (χ4v) is 2.48. The zero-order chi connectivity index (χ0) is 17.8.